The minimum absolute atomic E-state index is 0.184. The number of Topliss-reactive ketones (excluding diaryl/α,β-unsaturated/α-hetero) is 1. The number of hydrogen-bond donors (Lipinski definition) is 0. The number of carbonyl (C=O) groups excluding carboxylic acids is 3. The monoisotopic (exact) mass is 502 g/mol. The lowest BCUT2D eigenvalue weighted by atomic mass is 9.85. The molecule has 0 unspecified atom stereocenters. The van der Waals surface area contributed by atoms with E-state index in [1.807, 2.05) is 36.1 Å². The molecule has 0 spiro atoms. The SMILES string of the molecule is CC1=C[C@@H]2[C@H]3C(=O)N(c4ccc(Cl)cc4)C(=O)[C@H]3[C@@H](C(=O)c3ccccc3)N2c2ccc(Cl)cc21. The molecular formula is C28H20Cl2N2O3. The number of amides is 2. The first-order chi connectivity index (χ1) is 16.9. The van der Waals surface area contributed by atoms with E-state index in [0.717, 1.165) is 16.8 Å². The molecule has 0 aromatic heterocycles. The summed E-state index contributed by atoms with van der Waals surface area (Å²) in [5.74, 6) is -2.36. The molecule has 35 heavy (non-hydrogen) atoms. The number of ketones is 1. The molecule has 3 aliphatic rings. The van der Waals surface area contributed by atoms with E-state index < -0.39 is 23.9 Å². The summed E-state index contributed by atoms with van der Waals surface area (Å²) >= 11 is 12.3. The van der Waals surface area contributed by atoms with Gasteiger partial charge in [-0.05, 0) is 55.0 Å². The summed E-state index contributed by atoms with van der Waals surface area (Å²) in [6, 6.07) is 19.8. The first-order valence-electron chi connectivity index (χ1n) is 11.4. The lowest BCUT2D eigenvalue weighted by Crippen LogP contribution is -2.49. The summed E-state index contributed by atoms with van der Waals surface area (Å²) in [6.45, 7) is 1.96. The number of allylic oxidation sites excluding steroid dienone is 1. The fourth-order valence-electron chi connectivity index (χ4n) is 5.73. The van der Waals surface area contributed by atoms with Crippen LogP contribution in [0.15, 0.2) is 78.9 Å². The molecule has 7 heteroatoms. The second-order valence-corrected chi connectivity index (χ2v) is 10.00. The van der Waals surface area contributed by atoms with Crippen molar-refractivity contribution in [1.29, 1.82) is 0 Å². The third-order valence-corrected chi connectivity index (χ3v) is 7.71. The second-order valence-electron chi connectivity index (χ2n) is 9.12. The summed E-state index contributed by atoms with van der Waals surface area (Å²) < 4.78 is 0. The minimum atomic E-state index is -0.828. The van der Waals surface area contributed by atoms with E-state index in [1.165, 1.54) is 4.90 Å². The average molecular weight is 503 g/mol. The quantitative estimate of drug-likeness (QED) is 0.342. The van der Waals surface area contributed by atoms with Crippen molar-refractivity contribution in [3.8, 4) is 0 Å². The van der Waals surface area contributed by atoms with Crippen molar-refractivity contribution in [1.82, 2.24) is 0 Å². The molecule has 0 radical (unpaired) electrons. The largest absolute Gasteiger partial charge is 0.352 e. The van der Waals surface area contributed by atoms with Gasteiger partial charge in [-0.15, -0.1) is 0 Å². The maximum Gasteiger partial charge on any atom is 0.240 e. The molecule has 0 N–H and O–H groups in total. The minimum Gasteiger partial charge on any atom is -0.352 e. The topological polar surface area (TPSA) is 57.7 Å². The van der Waals surface area contributed by atoms with Gasteiger partial charge in [0, 0.05) is 26.9 Å². The first kappa shape index (κ1) is 22.1. The van der Waals surface area contributed by atoms with Crippen molar-refractivity contribution in [2.45, 2.75) is 19.0 Å². The van der Waals surface area contributed by atoms with Gasteiger partial charge in [-0.3, -0.25) is 14.4 Å². The zero-order valence-corrected chi connectivity index (χ0v) is 20.2. The Balaban J connectivity index is 1.52. The van der Waals surface area contributed by atoms with Crippen molar-refractivity contribution >= 4 is 57.7 Å². The van der Waals surface area contributed by atoms with Gasteiger partial charge in [0.2, 0.25) is 11.8 Å². The number of nitrogens with zero attached hydrogens (tertiary/aromatic N) is 2. The van der Waals surface area contributed by atoms with Crippen LogP contribution in [-0.4, -0.2) is 29.7 Å². The summed E-state index contributed by atoms with van der Waals surface area (Å²) in [5.41, 5.74) is 3.63. The fraction of sp³-hybridized carbons (Fsp3) is 0.179. The summed E-state index contributed by atoms with van der Waals surface area (Å²) in [5, 5.41) is 1.10. The number of fused-ring (bicyclic) bond motifs is 5. The molecule has 3 aliphatic heterocycles. The van der Waals surface area contributed by atoms with E-state index in [9.17, 15) is 14.4 Å². The van der Waals surface area contributed by atoms with E-state index in [4.69, 9.17) is 23.2 Å². The molecule has 0 saturated carbocycles. The molecule has 3 aromatic rings. The molecule has 0 bridgehead atoms. The Hall–Kier alpha value is -3.41. The lowest BCUT2D eigenvalue weighted by molar-refractivity contribution is -0.122. The van der Waals surface area contributed by atoms with Gasteiger partial charge in [-0.1, -0.05) is 59.6 Å². The third-order valence-electron chi connectivity index (χ3n) is 7.22. The Morgan fingerprint density at radius 3 is 2.20 bits per heavy atom. The Morgan fingerprint density at radius 1 is 0.829 bits per heavy atom. The Labute approximate surface area is 212 Å². The second kappa shape index (κ2) is 8.08. The zero-order chi connectivity index (χ0) is 24.4. The van der Waals surface area contributed by atoms with Crippen molar-refractivity contribution in [2.24, 2.45) is 11.8 Å². The molecule has 3 heterocycles. The van der Waals surface area contributed by atoms with E-state index in [0.29, 0.717) is 21.3 Å². The van der Waals surface area contributed by atoms with Crippen LogP contribution in [0.3, 0.4) is 0 Å². The number of benzene rings is 3. The highest BCUT2D eigenvalue weighted by molar-refractivity contribution is 6.31. The van der Waals surface area contributed by atoms with Crippen molar-refractivity contribution in [3.63, 3.8) is 0 Å². The highest BCUT2D eigenvalue weighted by Gasteiger charge is 2.64. The number of rotatable bonds is 3. The van der Waals surface area contributed by atoms with Crippen LogP contribution in [0.2, 0.25) is 10.0 Å². The highest BCUT2D eigenvalue weighted by atomic mass is 35.5. The lowest BCUT2D eigenvalue weighted by Gasteiger charge is -2.38. The first-order valence-corrected chi connectivity index (χ1v) is 12.1. The molecule has 2 amide bonds. The molecule has 3 aromatic carbocycles. The van der Waals surface area contributed by atoms with Crippen LogP contribution in [0.4, 0.5) is 11.4 Å². The van der Waals surface area contributed by atoms with Crippen LogP contribution in [0.5, 0.6) is 0 Å². The predicted molar refractivity (Wildman–Crippen MR) is 137 cm³/mol. The standard InChI is InChI=1S/C28H20Cl2N2O3/c1-15-13-22-23-24(28(35)31(27(23)34)19-10-7-17(29)8-11-19)25(26(33)16-5-3-2-4-6-16)32(22)21-12-9-18(30)14-20(15)21/h2-14,22-25H,1H3/t22-,23-,24-,25+/m1/s1. The van der Waals surface area contributed by atoms with Crippen molar-refractivity contribution < 1.29 is 14.4 Å². The molecule has 2 fully saturated rings. The van der Waals surface area contributed by atoms with Gasteiger partial charge in [0.05, 0.1) is 23.6 Å². The highest BCUT2D eigenvalue weighted by Crippen LogP contribution is 2.51. The van der Waals surface area contributed by atoms with Gasteiger partial charge in [0.15, 0.2) is 5.78 Å². The van der Waals surface area contributed by atoms with Crippen LogP contribution < -0.4 is 9.80 Å². The van der Waals surface area contributed by atoms with Gasteiger partial charge in [0.1, 0.15) is 6.04 Å². The molecule has 4 atom stereocenters. The molecule has 2 saturated heterocycles. The normalized spacial score (nSPS) is 24.7. The van der Waals surface area contributed by atoms with E-state index >= 15 is 0 Å². The van der Waals surface area contributed by atoms with E-state index in [1.54, 1.807) is 54.6 Å². The van der Waals surface area contributed by atoms with Gasteiger partial charge >= 0.3 is 0 Å². The van der Waals surface area contributed by atoms with E-state index in [2.05, 4.69) is 0 Å². The van der Waals surface area contributed by atoms with Crippen molar-refractivity contribution in [2.75, 3.05) is 9.80 Å². The van der Waals surface area contributed by atoms with Crippen LogP contribution >= 0.6 is 23.2 Å². The van der Waals surface area contributed by atoms with Crippen LogP contribution in [-0.2, 0) is 9.59 Å². The van der Waals surface area contributed by atoms with Crippen LogP contribution in [0.25, 0.3) is 5.57 Å². The Kier molecular flexibility index (Phi) is 5.09. The smallest absolute Gasteiger partial charge is 0.240 e. The van der Waals surface area contributed by atoms with Gasteiger partial charge < -0.3 is 4.90 Å². The average Bonchev–Trinajstić information content (AvgIpc) is 3.32. The maximum absolute atomic E-state index is 14.0. The number of halogens is 2. The van der Waals surface area contributed by atoms with Gasteiger partial charge in [0.25, 0.3) is 0 Å². The summed E-state index contributed by atoms with van der Waals surface area (Å²) in [4.78, 5) is 44.8. The number of imide groups is 1. The molecule has 5 nitrogen and oxygen atoms in total. The maximum atomic E-state index is 14.0. The van der Waals surface area contributed by atoms with Crippen molar-refractivity contribution in [3.05, 3.63) is 100 Å². The summed E-state index contributed by atoms with van der Waals surface area (Å²) in [6.07, 6.45) is 1.99. The number of anilines is 2. The molecule has 174 valence electrons. The zero-order valence-electron chi connectivity index (χ0n) is 18.7. The molecule has 0 aliphatic carbocycles. The fourth-order valence-corrected chi connectivity index (χ4v) is 6.03. The van der Waals surface area contributed by atoms with E-state index in [-0.39, 0.29) is 17.6 Å². The van der Waals surface area contributed by atoms with Gasteiger partial charge in [-0.25, -0.2) is 4.90 Å². The van der Waals surface area contributed by atoms with Gasteiger partial charge in [-0.2, -0.15) is 0 Å². The van der Waals surface area contributed by atoms with Crippen LogP contribution in [0, 0.1) is 11.8 Å². The Morgan fingerprint density at radius 2 is 1.49 bits per heavy atom. The molecule has 6 rings (SSSR count). The number of hydrogen-bond acceptors (Lipinski definition) is 4. The Bertz CT molecular complexity index is 1420. The summed E-state index contributed by atoms with van der Waals surface area (Å²) in [7, 11) is 0. The predicted octanol–water partition coefficient (Wildman–Crippen LogP) is 5.66. The molecular weight excluding hydrogens is 483 g/mol. The number of carbonyl (C=O) groups is 3. The third kappa shape index (κ3) is 3.26. The van der Waals surface area contributed by atoms with Crippen LogP contribution in [0.1, 0.15) is 22.8 Å².